The predicted octanol–water partition coefficient (Wildman–Crippen LogP) is 17.9. The van der Waals surface area contributed by atoms with Gasteiger partial charge in [0.05, 0.1) is 5.41 Å². The number of anilines is 2. The smallest absolute Gasteiger partial charge is 0.129 e. The molecule has 0 bridgehead atoms. The molecule has 0 saturated heterocycles. The number of para-hydroxylation sites is 4. The number of benzene rings is 11. The van der Waals surface area contributed by atoms with Crippen molar-refractivity contribution in [3.63, 3.8) is 0 Å². The van der Waals surface area contributed by atoms with Gasteiger partial charge in [-0.2, -0.15) is 5.10 Å². The Morgan fingerprint density at radius 1 is 0.311 bits per heavy atom. The third-order valence-corrected chi connectivity index (χ3v) is 13.8. The SMILES string of the molecule is [Au].c1ccc(C2(c3ccccc3)c3ccccc3[N-]c3ccccc32)cc1.c1ccc(C2=NN(c3c(-c4ccccc4)cccc3-c3ccccc3)[CH-]N2c2c(-c3ccccc3)cccc2-c2ccccc2)cc1. The largest absolute Gasteiger partial charge is 0.657 e. The van der Waals surface area contributed by atoms with E-state index in [1.807, 2.05) is 0 Å². The summed E-state index contributed by atoms with van der Waals surface area (Å²) >= 11 is 0. The van der Waals surface area contributed by atoms with Gasteiger partial charge in [0.25, 0.3) is 0 Å². The molecule has 0 atom stereocenters. The van der Waals surface area contributed by atoms with Gasteiger partial charge in [-0.1, -0.05) is 297 Å². The molecule has 11 aromatic rings. The zero-order valence-electron chi connectivity index (χ0n) is 40.5. The van der Waals surface area contributed by atoms with Gasteiger partial charge < -0.3 is 15.2 Å². The molecule has 74 heavy (non-hydrogen) atoms. The van der Waals surface area contributed by atoms with Crippen LogP contribution in [0.1, 0.15) is 27.8 Å². The molecule has 0 N–H and O–H groups in total. The van der Waals surface area contributed by atoms with Gasteiger partial charge in [-0.3, -0.25) is 0 Å². The van der Waals surface area contributed by atoms with Gasteiger partial charge in [-0.05, 0) is 44.5 Å². The zero-order valence-corrected chi connectivity index (χ0v) is 42.6. The minimum absolute atomic E-state index is 0. The summed E-state index contributed by atoms with van der Waals surface area (Å²) in [5.41, 5.74) is 18.9. The Kier molecular flexibility index (Phi) is 13.8. The van der Waals surface area contributed by atoms with Crippen LogP contribution in [0.5, 0.6) is 0 Å². The van der Waals surface area contributed by atoms with Crippen molar-refractivity contribution in [3.8, 4) is 44.5 Å². The van der Waals surface area contributed by atoms with Crippen molar-refractivity contribution in [2.75, 3.05) is 9.91 Å². The summed E-state index contributed by atoms with van der Waals surface area (Å²) < 4.78 is 0. The van der Waals surface area contributed by atoms with Crippen molar-refractivity contribution in [2.24, 2.45) is 5.10 Å². The first-order valence-corrected chi connectivity index (χ1v) is 24.8. The van der Waals surface area contributed by atoms with Crippen LogP contribution >= 0.6 is 0 Å². The maximum absolute atomic E-state index is 5.45. The van der Waals surface area contributed by atoms with E-state index in [1.165, 1.54) is 22.3 Å². The van der Waals surface area contributed by atoms with Crippen molar-refractivity contribution >= 4 is 28.6 Å². The minimum atomic E-state index is -0.364. The number of hydrogen-bond acceptors (Lipinski definition) is 3. The van der Waals surface area contributed by atoms with Gasteiger partial charge in [-0.15, -0.1) is 18.0 Å². The van der Waals surface area contributed by atoms with Crippen LogP contribution in [0.15, 0.2) is 302 Å². The second kappa shape index (κ2) is 21.5. The molecule has 13 rings (SSSR count). The summed E-state index contributed by atoms with van der Waals surface area (Å²) in [4.78, 5) is 2.27. The average molecular weight is 1130 g/mol. The first-order valence-electron chi connectivity index (χ1n) is 24.8. The van der Waals surface area contributed by atoms with Gasteiger partial charge in [0.1, 0.15) is 5.84 Å². The third kappa shape index (κ3) is 8.97. The van der Waals surface area contributed by atoms with E-state index in [9.17, 15) is 0 Å². The van der Waals surface area contributed by atoms with Gasteiger partial charge in [-0.25, -0.2) is 0 Å². The summed E-state index contributed by atoms with van der Waals surface area (Å²) in [6, 6.07) is 105. The molecule has 2 aliphatic heterocycles. The second-order valence-corrected chi connectivity index (χ2v) is 18.1. The molecule has 0 saturated carbocycles. The summed E-state index contributed by atoms with van der Waals surface area (Å²) in [5.74, 6) is 0.855. The fourth-order valence-electron chi connectivity index (χ4n) is 10.6. The van der Waals surface area contributed by atoms with Gasteiger partial charge in [0, 0.05) is 61.6 Å². The van der Waals surface area contributed by atoms with Gasteiger partial charge in [0.2, 0.25) is 0 Å². The Hall–Kier alpha value is -8.77. The Bertz CT molecular complexity index is 3460. The quantitative estimate of drug-likeness (QED) is 0.107. The summed E-state index contributed by atoms with van der Waals surface area (Å²) in [6.45, 7) is 2.16. The minimum Gasteiger partial charge on any atom is -0.657 e. The van der Waals surface area contributed by atoms with Crippen LogP contribution in [0.3, 0.4) is 0 Å². The fraction of sp³-hybridized carbons (Fsp3) is 0.0145. The molecule has 11 aromatic carbocycles. The van der Waals surface area contributed by atoms with Gasteiger partial charge in [0.15, 0.2) is 0 Å². The van der Waals surface area contributed by atoms with Crippen LogP contribution in [0.2, 0.25) is 0 Å². The molecule has 5 heteroatoms. The predicted molar refractivity (Wildman–Crippen MR) is 304 cm³/mol. The third-order valence-electron chi connectivity index (χ3n) is 13.8. The molecule has 359 valence electrons. The van der Waals surface area contributed by atoms with E-state index in [-0.39, 0.29) is 27.8 Å². The maximum atomic E-state index is 5.45. The Balaban J connectivity index is 0.000000184. The zero-order chi connectivity index (χ0) is 48.8. The molecule has 2 aliphatic rings. The van der Waals surface area contributed by atoms with Gasteiger partial charge >= 0.3 is 0 Å². The molecule has 0 unspecified atom stereocenters. The molecule has 0 amide bonds. The van der Waals surface area contributed by atoms with Crippen molar-refractivity contribution in [1.82, 2.24) is 0 Å². The molecule has 2 heterocycles. The first kappa shape index (κ1) is 47.5. The molecule has 0 fully saturated rings. The van der Waals surface area contributed by atoms with Crippen molar-refractivity contribution in [3.05, 3.63) is 337 Å². The normalized spacial score (nSPS) is 12.9. The number of fused-ring (bicyclic) bond motifs is 2. The number of hydrazone groups is 1. The second-order valence-electron chi connectivity index (χ2n) is 18.1. The van der Waals surface area contributed by atoms with Crippen LogP contribution in [-0.2, 0) is 27.8 Å². The first-order chi connectivity index (χ1) is 36.3. The number of hydrogen-bond donors (Lipinski definition) is 0. The van der Waals surface area contributed by atoms with Crippen molar-refractivity contribution in [2.45, 2.75) is 5.41 Å². The maximum Gasteiger partial charge on any atom is 0.129 e. The van der Waals surface area contributed by atoms with Crippen LogP contribution in [-0.4, -0.2) is 5.84 Å². The van der Waals surface area contributed by atoms with Crippen LogP contribution in [0.25, 0.3) is 49.8 Å². The van der Waals surface area contributed by atoms with E-state index in [1.54, 1.807) is 0 Å². The number of rotatable bonds is 9. The Morgan fingerprint density at radius 2 is 0.622 bits per heavy atom. The van der Waals surface area contributed by atoms with Crippen LogP contribution < -0.4 is 9.91 Å². The molecule has 0 spiro atoms. The molecule has 4 nitrogen and oxygen atoms in total. The fourth-order valence-corrected chi connectivity index (χ4v) is 10.6. The molecular formula is C69H50AuN4-2. The van der Waals surface area contributed by atoms with E-state index < -0.39 is 0 Å². The summed E-state index contributed by atoms with van der Waals surface area (Å²) in [6.07, 6.45) is 0. The number of nitrogens with zero attached hydrogens (tertiary/aromatic N) is 4. The van der Waals surface area contributed by atoms with E-state index in [0.29, 0.717) is 0 Å². The molecule has 1 radical (unpaired) electrons. The summed E-state index contributed by atoms with van der Waals surface area (Å²) in [5, 5.41) is 12.5. The molecular weight excluding hydrogens is 1080 g/mol. The van der Waals surface area contributed by atoms with Crippen molar-refractivity contribution < 1.29 is 22.4 Å². The average Bonchev–Trinajstić information content (AvgIpc) is 3.94. The Morgan fingerprint density at radius 3 is 1.00 bits per heavy atom. The molecule has 0 aliphatic carbocycles. The van der Waals surface area contributed by atoms with E-state index in [0.717, 1.165) is 78.7 Å². The monoisotopic (exact) mass is 1130 g/mol. The van der Waals surface area contributed by atoms with Crippen molar-refractivity contribution in [1.29, 1.82) is 0 Å². The molecule has 0 aromatic heterocycles. The van der Waals surface area contributed by atoms with Crippen LogP contribution in [0.4, 0.5) is 22.7 Å². The van der Waals surface area contributed by atoms with Crippen LogP contribution in [0, 0.1) is 6.67 Å². The standard InChI is InChI=1S/C44H32N3.C25H18N.Au/c1-6-18-33(19-7-1)38-28-16-29-39(34-20-8-2-9-21-34)42(38)46-32-47(45-44(46)37-26-14-5-15-27-37)43-40(35-22-10-3-11-23-35)30-17-31-41(43)36-24-12-4-13-25-36;1-3-11-19(12-4-1)25(20-13-5-2-6-14-20)21-15-7-9-17-23(21)26-24-18-10-8-16-22(24)25;/h1-32H;1-18H;/q2*-1;. The Labute approximate surface area is 450 Å². The van der Waals surface area contributed by atoms with E-state index in [2.05, 4.69) is 314 Å². The summed E-state index contributed by atoms with van der Waals surface area (Å²) in [7, 11) is 0. The van der Waals surface area contributed by atoms with E-state index >= 15 is 0 Å². The van der Waals surface area contributed by atoms with E-state index in [4.69, 9.17) is 10.4 Å². The number of amidine groups is 1. The topological polar surface area (TPSA) is 32.9 Å².